The van der Waals surface area contributed by atoms with Crippen LogP contribution in [0.1, 0.15) is 48.4 Å². The van der Waals surface area contributed by atoms with Crippen LogP contribution >= 0.6 is 12.4 Å². The molecule has 6 rings (SSSR count). The zero-order valence-electron chi connectivity index (χ0n) is 18.1. The second-order valence-corrected chi connectivity index (χ2v) is 8.89. The fourth-order valence-corrected chi connectivity index (χ4v) is 4.77. The number of rotatable bonds is 4. The number of esters is 1. The molecular formula is C24H24ClN3O5. The van der Waals surface area contributed by atoms with Gasteiger partial charge in [0, 0.05) is 34.7 Å². The highest BCUT2D eigenvalue weighted by molar-refractivity contribution is 5.90. The molecule has 1 saturated carbocycles. The molecule has 0 spiro atoms. The van der Waals surface area contributed by atoms with E-state index in [1.807, 2.05) is 18.2 Å². The molecule has 0 bridgehead atoms. The zero-order chi connectivity index (χ0) is 22.2. The van der Waals surface area contributed by atoms with Gasteiger partial charge in [-0.2, -0.15) is 0 Å². The van der Waals surface area contributed by atoms with Crippen LogP contribution < -0.4 is 10.9 Å². The summed E-state index contributed by atoms with van der Waals surface area (Å²) < 4.78 is 6.70. The third-order valence-corrected chi connectivity index (χ3v) is 6.91. The third-order valence-electron chi connectivity index (χ3n) is 6.91. The average Bonchev–Trinajstić information content (AvgIpc) is 3.55. The van der Waals surface area contributed by atoms with Crippen molar-refractivity contribution >= 4 is 29.3 Å². The highest BCUT2D eigenvalue weighted by Gasteiger charge is 2.45. The van der Waals surface area contributed by atoms with Gasteiger partial charge >= 0.3 is 5.97 Å². The summed E-state index contributed by atoms with van der Waals surface area (Å²) in [5.74, 6) is -0.535. The number of nitrogens with zero attached hydrogens (tertiary/aromatic N) is 2. The molecule has 172 valence electrons. The minimum Gasteiger partial charge on any atom is -0.507 e. The smallest absolute Gasteiger partial charge is 0.343 e. The van der Waals surface area contributed by atoms with Crippen molar-refractivity contribution in [1.82, 2.24) is 14.9 Å². The Labute approximate surface area is 195 Å². The number of hydrogen-bond acceptors (Lipinski definition) is 7. The number of phenols is 1. The maximum Gasteiger partial charge on any atom is 0.343 e. The summed E-state index contributed by atoms with van der Waals surface area (Å²) in [5, 5.41) is 25.9. The van der Waals surface area contributed by atoms with Gasteiger partial charge < -0.3 is 24.8 Å². The zero-order valence-corrected chi connectivity index (χ0v) is 18.9. The molecular weight excluding hydrogens is 446 g/mol. The highest BCUT2D eigenvalue weighted by Crippen LogP contribution is 2.40. The summed E-state index contributed by atoms with van der Waals surface area (Å²) in [7, 11) is 0. The molecule has 3 aliphatic rings. The Morgan fingerprint density at radius 2 is 2.06 bits per heavy atom. The number of hydrogen-bond donors (Lipinski definition) is 3. The van der Waals surface area contributed by atoms with E-state index in [0.29, 0.717) is 52.5 Å². The lowest BCUT2D eigenvalue weighted by atomic mass is 9.86. The van der Waals surface area contributed by atoms with Crippen LogP contribution in [0.5, 0.6) is 5.75 Å². The molecule has 8 nitrogen and oxygen atoms in total. The quantitative estimate of drug-likeness (QED) is 0.393. The molecule has 9 heteroatoms. The van der Waals surface area contributed by atoms with Gasteiger partial charge in [-0.15, -0.1) is 12.4 Å². The van der Waals surface area contributed by atoms with Crippen molar-refractivity contribution in [1.29, 1.82) is 0 Å². The number of cyclic esters (lactones) is 1. The first-order chi connectivity index (χ1) is 15.4. The van der Waals surface area contributed by atoms with Crippen LogP contribution in [0.2, 0.25) is 0 Å². The van der Waals surface area contributed by atoms with E-state index >= 15 is 0 Å². The molecule has 1 atom stereocenters. The Morgan fingerprint density at radius 3 is 2.79 bits per heavy atom. The van der Waals surface area contributed by atoms with Crippen molar-refractivity contribution in [3.05, 3.63) is 56.9 Å². The van der Waals surface area contributed by atoms with Gasteiger partial charge in [0.2, 0.25) is 0 Å². The van der Waals surface area contributed by atoms with E-state index in [1.165, 1.54) is 12.8 Å². The number of benzene rings is 1. The van der Waals surface area contributed by atoms with E-state index in [4.69, 9.17) is 9.72 Å². The Balaban J connectivity index is 0.00000228. The normalized spacial score (nSPS) is 20.6. The molecule has 2 aromatic heterocycles. The molecule has 1 aliphatic carbocycles. The Hall–Kier alpha value is -2.94. The van der Waals surface area contributed by atoms with Crippen LogP contribution in [0.4, 0.5) is 0 Å². The maximum atomic E-state index is 13.2. The van der Waals surface area contributed by atoms with Gasteiger partial charge in [0.25, 0.3) is 5.56 Å². The topological polar surface area (TPSA) is 114 Å². The summed E-state index contributed by atoms with van der Waals surface area (Å²) in [4.78, 5) is 30.3. The lowest BCUT2D eigenvalue weighted by Crippen LogP contribution is -2.44. The van der Waals surface area contributed by atoms with Crippen LogP contribution in [-0.4, -0.2) is 31.8 Å². The SMILES string of the molecule is CC[C@@]1(O)C(=O)OCc2c1cc1n(c2=O)Cc2cc3c(O)c(CNC4CC4)ccc3nc2-1.Cl. The van der Waals surface area contributed by atoms with Crippen molar-refractivity contribution in [2.24, 2.45) is 0 Å². The van der Waals surface area contributed by atoms with Gasteiger partial charge in [-0.25, -0.2) is 9.78 Å². The molecule has 33 heavy (non-hydrogen) atoms. The molecule has 1 fully saturated rings. The van der Waals surface area contributed by atoms with E-state index in [2.05, 4.69) is 5.32 Å². The van der Waals surface area contributed by atoms with Gasteiger partial charge in [0.15, 0.2) is 5.60 Å². The molecule has 0 radical (unpaired) electrons. The van der Waals surface area contributed by atoms with Crippen molar-refractivity contribution in [3.8, 4) is 17.1 Å². The van der Waals surface area contributed by atoms with Gasteiger partial charge in [-0.1, -0.05) is 13.0 Å². The van der Waals surface area contributed by atoms with Gasteiger partial charge in [-0.3, -0.25) is 4.79 Å². The number of ether oxygens (including phenoxy) is 1. The lowest BCUT2D eigenvalue weighted by molar-refractivity contribution is -0.172. The lowest BCUT2D eigenvalue weighted by Gasteiger charge is -2.31. The van der Waals surface area contributed by atoms with Crippen molar-refractivity contribution in [3.63, 3.8) is 0 Å². The number of aromatic nitrogens is 2. The van der Waals surface area contributed by atoms with Crippen LogP contribution in [0.3, 0.4) is 0 Å². The number of carbonyl (C=O) groups excluding carboxylic acids is 1. The summed E-state index contributed by atoms with van der Waals surface area (Å²) in [6.45, 7) is 2.43. The first kappa shape index (κ1) is 21.9. The number of halogens is 1. The number of pyridine rings is 2. The standard InChI is InChI=1S/C24H23N3O5.ClH/c1-2-24(31)17-8-19-20-13(10-27(19)22(29)16(17)11-32-23(24)30)7-15-18(26-20)6-3-12(21(15)28)9-25-14-4-5-14;/h3,6-8,14,25,28,31H,2,4-5,9-11H2,1H3;1H/t24-;/m0./s1. The summed E-state index contributed by atoms with van der Waals surface area (Å²) in [6, 6.07) is 7.85. The first-order valence-electron chi connectivity index (χ1n) is 11.0. The number of carbonyl (C=O) groups is 1. The van der Waals surface area contributed by atoms with Crippen molar-refractivity contribution < 1.29 is 19.7 Å². The van der Waals surface area contributed by atoms with E-state index in [-0.39, 0.29) is 36.7 Å². The summed E-state index contributed by atoms with van der Waals surface area (Å²) in [5.41, 5.74) is 1.90. The average molecular weight is 470 g/mol. The summed E-state index contributed by atoms with van der Waals surface area (Å²) in [6.07, 6.45) is 2.44. The number of fused-ring (bicyclic) bond motifs is 5. The second kappa shape index (κ2) is 7.55. The Bertz CT molecular complexity index is 1380. The Morgan fingerprint density at radius 1 is 1.27 bits per heavy atom. The number of phenolic OH excluding ortho intramolecular Hbond substituents is 1. The van der Waals surface area contributed by atoms with Crippen molar-refractivity contribution in [2.75, 3.05) is 0 Å². The fourth-order valence-electron chi connectivity index (χ4n) is 4.77. The van der Waals surface area contributed by atoms with E-state index < -0.39 is 11.6 Å². The molecule has 1 aromatic carbocycles. The fraction of sp³-hybridized carbons (Fsp3) is 0.375. The minimum absolute atomic E-state index is 0. The van der Waals surface area contributed by atoms with E-state index in [1.54, 1.807) is 17.6 Å². The van der Waals surface area contributed by atoms with Crippen molar-refractivity contribution in [2.45, 2.75) is 57.5 Å². The number of nitrogens with one attached hydrogen (secondary N) is 1. The van der Waals surface area contributed by atoms with Gasteiger partial charge in [-0.05, 0) is 37.5 Å². The predicted molar refractivity (Wildman–Crippen MR) is 123 cm³/mol. The molecule has 3 aromatic rings. The van der Waals surface area contributed by atoms with E-state index in [9.17, 15) is 19.8 Å². The molecule has 0 unspecified atom stereocenters. The van der Waals surface area contributed by atoms with Gasteiger partial charge in [0.05, 0.1) is 29.0 Å². The molecule has 2 aliphatic heterocycles. The van der Waals surface area contributed by atoms with E-state index in [0.717, 1.165) is 11.1 Å². The minimum atomic E-state index is -1.84. The van der Waals surface area contributed by atoms with Crippen LogP contribution in [0.15, 0.2) is 29.1 Å². The number of aliphatic hydroxyl groups is 1. The van der Waals surface area contributed by atoms with Crippen LogP contribution in [0.25, 0.3) is 22.3 Å². The third kappa shape index (κ3) is 3.16. The molecule has 0 amide bonds. The van der Waals surface area contributed by atoms with Crippen LogP contribution in [-0.2, 0) is 34.8 Å². The predicted octanol–water partition coefficient (Wildman–Crippen LogP) is 2.46. The number of aromatic hydroxyl groups is 1. The molecule has 0 saturated heterocycles. The summed E-state index contributed by atoms with van der Waals surface area (Å²) >= 11 is 0. The molecule has 3 N–H and O–H groups in total. The molecule has 4 heterocycles. The maximum absolute atomic E-state index is 13.2. The van der Waals surface area contributed by atoms with Gasteiger partial charge in [0.1, 0.15) is 12.4 Å². The second-order valence-electron chi connectivity index (χ2n) is 8.89. The first-order valence-corrected chi connectivity index (χ1v) is 11.0. The van der Waals surface area contributed by atoms with Crippen LogP contribution in [0, 0.1) is 0 Å². The highest BCUT2D eigenvalue weighted by atomic mass is 35.5. The monoisotopic (exact) mass is 469 g/mol. The Kier molecular flexibility index (Phi) is 5.00. The largest absolute Gasteiger partial charge is 0.507 e.